The lowest BCUT2D eigenvalue weighted by atomic mass is 10.0. The Labute approximate surface area is 207 Å². The number of hydrogen-bond acceptors (Lipinski definition) is 8. The number of rotatable bonds is 7. The Balaban J connectivity index is 1.25. The molecule has 0 bridgehead atoms. The Morgan fingerprint density at radius 2 is 2.06 bits per heavy atom. The van der Waals surface area contributed by atoms with Crippen molar-refractivity contribution in [3.63, 3.8) is 0 Å². The number of carbonyl (C=O) groups excluding carboxylic acids is 1. The van der Waals surface area contributed by atoms with Crippen molar-refractivity contribution in [3.8, 4) is 0 Å². The van der Waals surface area contributed by atoms with E-state index in [4.69, 9.17) is 21.6 Å². The quantitative estimate of drug-likeness (QED) is 0.474. The number of aromatic nitrogens is 5. The molecule has 3 aromatic rings. The number of nitrogens with zero attached hydrogens (tertiary/aromatic N) is 5. The van der Waals surface area contributed by atoms with Crippen LogP contribution in [0.4, 0.5) is 17.6 Å². The van der Waals surface area contributed by atoms with E-state index in [1.54, 1.807) is 6.20 Å². The number of carbonyl (C=O) groups is 1. The third-order valence-corrected chi connectivity index (χ3v) is 8.41. The predicted molar refractivity (Wildman–Crippen MR) is 133 cm³/mol. The molecule has 3 aromatic heterocycles. The van der Waals surface area contributed by atoms with E-state index in [0.29, 0.717) is 22.6 Å². The van der Waals surface area contributed by atoms with Gasteiger partial charge in [0.15, 0.2) is 11.6 Å². The van der Waals surface area contributed by atoms with Gasteiger partial charge < -0.3 is 10.2 Å². The molecule has 1 atom stereocenters. The van der Waals surface area contributed by atoms with Gasteiger partial charge in [-0.25, -0.2) is 9.97 Å². The minimum Gasteiger partial charge on any atom is -0.331 e. The van der Waals surface area contributed by atoms with Crippen LogP contribution in [0.2, 0.25) is 4.34 Å². The average Bonchev–Trinajstić information content (AvgIpc) is 3.64. The molecule has 2 N–H and O–H groups in total. The molecule has 1 saturated carbocycles. The second kappa shape index (κ2) is 9.26. The number of thiazole rings is 1. The number of Topliss-reactive ketones (excluding diaryl/α,β-unsaturated/α-hetero) is 1. The smallest absolute Gasteiger partial charge is 0.228 e. The van der Waals surface area contributed by atoms with Gasteiger partial charge in [-0.05, 0) is 44.9 Å². The first-order valence-electron chi connectivity index (χ1n) is 12.3. The number of H-pyrrole nitrogens is 1. The molecule has 2 fully saturated rings. The first-order valence-corrected chi connectivity index (χ1v) is 13.4. The number of fused-ring (bicyclic) bond motifs is 1. The maximum absolute atomic E-state index is 13.1. The summed E-state index contributed by atoms with van der Waals surface area (Å²) in [5.41, 5.74) is 3.47. The Morgan fingerprint density at radius 3 is 2.88 bits per heavy atom. The van der Waals surface area contributed by atoms with Crippen LogP contribution in [0.15, 0.2) is 12.3 Å². The topological polar surface area (TPSA) is 99.7 Å². The number of aromatic amines is 1. The lowest BCUT2D eigenvalue weighted by Gasteiger charge is -2.24. The zero-order valence-electron chi connectivity index (χ0n) is 19.0. The van der Waals surface area contributed by atoms with E-state index in [-0.39, 0.29) is 11.8 Å². The summed E-state index contributed by atoms with van der Waals surface area (Å²) in [4.78, 5) is 29.3. The minimum absolute atomic E-state index is 0.149. The van der Waals surface area contributed by atoms with Gasteiger partial charge in [0.05, 0.1) is 24.4 Å². The van der Waals surface area contributed by atoms with Gasteiger partial charge in [-0.2, -0.15) is 10.1 Å². The van der Waals surface area contributed by atoms with Crippen LogP contribution in [0.5, 0.6) is 0 Å². The van der Waals surface area contributed by atoms with E-state index >= 15 is 0 Å². The molecule has 178 valence electrons. The van der Waals surface area contributed by atoms with Crippen molar-refractivity contribution in [2.45, 2.75) is 76.2 Å². The summed E-state index contributed by atoms with van der Waals surface area (Å²) in [5, 5.41) is 12.0. The molecule has 0 aromatic carbocycles. The molecule has 6 rings (SSSR count). The Bertz CT molecular complexity index is 1200. The fraction of sp³-hybridized carbons (Fsp3) is 0.542. The highest BCUT2D eigenvalue weighted by Gasteiger charge is 2.34. The van der Waals surface area contributed by atoms with E-state index < -0.39 is 0 Å². The van der Waals surface area contributed by atoms with Gasteiger partial charge in [-0.3, -0.25) is 9.89 Å². The molecule has 4 heterocycles. The highest BCUT2D eigenvalue weighted by atomic mass is 35.5. The molecular weight excluding hydrogens is 470 g/mol. The molecular formula is C24H28ClN7OS. The first-order chi connectivity index (χ1) is 16.6. The number of anilines is 3. The molecule has 10 heteroatoms. The predicted octanol–water partition coefficient (Wildman–Crippen LogP) is 4.98. The molecule has 1 aliphatic heterocycles. The molecule has 0 amide bonds. The third kappa shape index (κ3) is 4.31. The van der Waals surface area contributed by atoms with Gasteiger partial charge in [0, 0.05) is 29.8 Å². The SMILES string of the molecule is O=C(Cc1ncc(Cl)s1)C1CCCN1c1nc2c(c(Nc3cc(C4CCCC4)[nH]n3)n1)CCC2. The van der Waals surface area contributed by atoms with E-state index in [9.17, 15) is 4.79 Å². The molecule has 0 spiro atoms. The van der Waals surface area contributed by atoms with Gasteiger partial charge in [0.2, 0.25) is 5.95 Å². The third-order valence-electron chi connectivity index (χ3n) is 7.29. The van der Waals surface area contributed by atoms with E-state index in [2.05, 4.69) is 31.5 Å². The minimum atomic E-state index is -0.227. The number of hydrogen-bond donors (Lipinski definition) is 2. The number of halogens is 1. The molecule has 34 heavy (non-hydrogen) atoms. The van der Waals surface area contributed by atoms with E-state index in [1.807, 2.05) is 0 Å². The molecule has 8 nitrogen and oxygen atoms in total. The normalized spacial score (nSPS) is 20.3. The van der Waals surface area contributed by atoms with Crippen molar-refractivity contribution < 1.29 is 4.79 Å². The van der Waals surface area contributed by atoms with Crippen LogP contribution >= 0.6 is 22.9 Å². The second-order valence-electron chi connectivity index (χ2n) is 9.52. The second-order valence-corrected chi connectivity index (χ2v) is 11.3. The maximum Gasteiger partial charge on any atom is 0.228 e. The molecule has 1 unspecified atom stereocenters. The summed E-state index contributed by atoms with van der Waals surface area (Å²) in [6, 6.07) is 1.90. The van der Waals surface area contributed by atoms with E-state index in [0.717, 1.165) is 61.0 Å². The van der Waals surface area contributed by atoms with Crippen molar-refractivity contribution in [3.05, 3.63) is 38.6 Å². The van der Waals surface area contributed by atoms with Crippen LogP contribution in [0.1, 0.15) is 72.8 Å². The molecule has 2 aliphatic carbocycles. The van der Waals surface area contributed by atoms with Crippen molar-refractivity contribution >= 4 is 46.3 Å². The van der Waals surface area contributed by atoms with Crippen molar-refractivity contribution in [1.29, 1.82) is 0 Å². The Kier molecular flexibility index (Phi) is 5.99. The van der Waals surface area contributed by atoms with Gasteiger partial charge in [0.25, 0.3) is 0 Å². The van der Waals surface area contributed by atoms with Crippen molar-refractivity contribution in [1.82, 2.24) is 25.1 Å². The summed E-state index contributed by atoms with van der Waals surface area (Å²) in [7, 11) is 0. The fourth-order valence-corrected chi connectivity index (χ4v) is 6.56. The van der Waals surface area contributed by atoms with Crippen LogP contribution in [0.25, 0.3) is 0 Å². The summed E-state index contributed by atoms with van der Waals surface area (Å²) < 4.78 is 0.609. The van der Waals surface area contributed by atoms with Gasteiger partial charge >= 0.3 is 0 Å². The van der Waals surface area contributed by atoms with Crippen molar-refractivity contribution in [2.24, 2.45) is 0 Å². The van der Waals surface area contributed by atoms with Gasteiger partial charge in [-0.1, -0.05) is 24.4 Å². The summed E-state index contributed by atoms with van der Waals surface area (Å²) in [6.07, 6.45) is 11.7. The molecule has 1 saturated heterocycles. The lowest BCUT2D eigenvalue weighted by Crippen LogP contribution is -2.38. The zero-order valence-corrected chi connectivity index (χ0v) is 20.6. The van der Waals surface area contributed by atoms with Gasteiger partial charge in [0.1, 0.15) is 15.2 Å². The Hall–Kier alpha value is -2.52. The standard InChI is InChI=1S/C24H28ClN7OS/c25-20-13-26-22(34-20)12-19(33)18-9-4-10-32(18)24-27-16-8-3-7-15(16)23(29-24)28-21-11-17(30-31-21)14-5-1-2-6-14/h11,13-14,18H,1-10,12H2,(H2,27,28,29,30,31). The summed E-state index contributed by atoms with van der Waals surface area (Å²) in [6.45, 7) is 0.779. The van der Waals surface area contributed by atoms with Crippen LogP contribution in [0.3, 0.4) is 0 Å². The van der Waals surface area contributed by atoms with Crippen LogP contribution in [0, 0.1) is 0 Å². The molecule has 3 aliphatic rings. The van der Waals surface area contributed by atoms with Crippen LogP contribution < -0.4 is 10.2 Å². The highest BCUT2D eigenvalue weighted by Crippen LogP contribution is 2.36. The summed E-state index contributed by atoms with van der Waals surface area (Å²) >= 11 is 7.37. The number of nitrogens with one attached hydrogen (secondary N) is 2. The van der Waals surface area contributed by atoms with Crippen molar-refractivity contribution in [2.75, 3.05) is 16.8 Å². The van der Waals surface area contributed by atoms with Gasteiger partial charge in [-0.15, -0.1) is 11.3 Å². The largest absolute Gasteiger partial charge is 0.331 e. The first kappa shape index (κ1) is 22.0. The zero-order chi connectivity index (χ0) is 23.1. The number of ketones is 1. The lowest BCUT2D eigenvalue weighted by molar-refractivity contribution is -0.119. The fourth-order valence-electron chi connectivity index (χ4n) is 5.60. The monoisotopic (exact) mass is 497 g/mol. The maximum atomic E-state index is 13.1. The van der Waals surface area contributed by atoms with Crippen LogP contribution in [-0.2, 0) is 24.1 Å². The Morgan fingerprint density at radius 1 is 1.18 bits per heavy atom. The molecule has 0 radical (unpaired) electrons. The van der Waals surface area contributed by atoms with E-state index in [1.165, 1.54) is 48.3 Å². The average molecular weight is 498 g/mol. The summed E-state index contributed by atoms with van der Waals surface area (Å²) in [5.74, 6) is 3.00. The highest BCUT2D eigenvalue weighted by molar-refractivity contribution is 7.15. The number of aryl methyl sites for hydroxylation is 1. The van der Waals surface area contributed by atoms with Crippen LogP contribution in [-0.4, -0.2) is 43.5 Å².